The van der Waals surface area contributed by atoms with E-state index in [9.17, 15) is 4.79 Å². The molecule has 90 valence electrons. The molecule has 0 heterocycles. The minimum atomic E-state index is 0.0725. The van der Waals surface area contributed by atoms with Gasteiger partial charge in [0.2, 0.25) is 0 Å². The molecule has 0 saturated heterocycles. The van der Waals surface area contributed by atoms with Gasteiger partial charge in [-0.05, 0) is 55.7 Å². The first-order chi connectivity index (χ1) is 8.13. The molecule has 4 rings (SSSR count). The molecule has 0 spiro atoms. The fourth-order valence-corrected chi connectivity index (χ4v) is 3.40. The Morgan fingerprint density at radius 3 is 2.71 bits per heavy atom. The maximum Gasteiger partial charge on any atom is 0.251 e. The Morgan fingerprint density at radius 2 is 2.12 bits per heavy atom. The summed E-state index contributed by atoms with van der Waals surface area (Å²) < 4.78 is 1.00. The molecule has 1 unspecified atom stereocenters. The van der Waals surface area contributed by atoms with E-state index in [4.69, 9.17) is 0 Å². The van der Waals surface area contributed by atoms with E-state index in [0.717, 1.165) is 27.4 Å². The molecule has 3 fully saturated rings. The topological polar surface area (TPSA) is 29.1 Å². The number of benzene rings is 1. The average molecular weight is 294 g/mol. The van der Waals surface area contributed by atoms with Crippen molar-refractivity contribution in [2.45, 2.75) is 32.2 Å². The number of nitrogens with one attached hydrogen (secondary N) is 1. The lowest BCUT2D eigenvalue weighted by Crippen LogP contribution is -2.36. The summed E-state index contributed by atoms with van der Waals surface area (Å²) in [6.07, 6.45) is 3.83. The molecule has 3 aliphatic rings. The van der Waals surface area contributed by atoms with Crippen molar-refractivity contribution in [2.75, 3.05) is 0 Å². The summed E-state index contributed by atoms with van der Waals surface area (Å²) in [4.78, 5) is 12.1. The van der Waals surface area contributed by atoms with E-state index in [-0.39, 0.29) is 5.91 Å². The molecule has 1 N–H and O–H groups in total. The molecule has 3 saturated carbocycles. The van der Waals surface area contributed by atoms with Crippen molar-refractivity contribution in [1.29, 1.82) is 0 Å². The second-order valence-electron chi connectivity index (χ2n) is 5.38. The molecule has 3 aliphatic carbocycles. The number of amides is 1. The molecule has 2 bridgehead atoms. The summed E-state index contributed by atoms with van der Waals surface area (Å²) in [7, 11) is 0. The number of halogens is 1. The average Bonchev–Trinajstić information content (AvgIpc) is 2.79. The van der Waals surface area contributed by atoms with Gasteiger partial charge in [0.15, 0.2) is 0 Å². The smallest absolute Gasteiger partial charge is 0.251 e. The molecule has 0 aliphatic heterocycles. The Labute approximate surface area is 110 Å². The van der Waals surface area contributed by atoms with Crippen LogP contribution in [0.15, 0.2) is 22.7 Å². The van der Waals surface area contributed by atoms with Crippen LogP contribution in [0.2, 0.25) is 0 Å². The van der Waals surface area contributed by atoms with E-state index in [1.54, 1.807) is 0 Å². The molecule has 1 aromatic carbocycles. The third kappa shape index (κ3) is 2.01. The highest BCUT2D eigenvalue weighted by Gasteiger charge is 2.44. The number of carbonyl (C=O) groups is 1. The molecule has 17 heavy (non-hydrogen) atoms. The highest BCUT2D eigenvalue weighted by molar-refractivity contribution is 9.10. The Bertz CT molecular complexity index is 465. The predicted molar refractivity (Wildman–Crippen MR) is 71.0 cm³/mol. The van der Waals surface area contributed by atoms with Gasteiger partial charge in [-0.25, -0.2) is 0 Å². The standard InChI is InChI=1S/C14H16BrNO/c1-8-2-3-10(7-12(8)15)14(17)16-13-6-9-4-11(13)5-9/h2-3,7,9,11,13H,4-6H2,1H3,(H,16,17). The number of aryl methyl sites for hydroxylation is 1. The lowest BCUT2D eigenvalue weighted by molar-refractivity contribution is 0.0928. The number of fused-ring (bicyclic) bond motifs is 1. The first-order valence-electron chi connectivity index (χ1n) is 6.20. The van der Waals surface area contributed by atoms with Gasteiger partial charge in [0.25, 0.3) is 5.91 Å². The zero-order chi connectivity index (χ0) is 12.0. The molecule has 0 aromatic heterocycles. The highest BCUT2D eigenvalue weighted by Crippen LogP contribution is 2.48. The van der Waals surface area contributed by atoms with E-state index in [2.05, 4.69) is 21.2 Å². The van der Waals surface area contributed by atoms with Crippen LogP contribution < -0.4 is 5.32 Å². The van der Waals surface area contributed by atoms with Crippen molar-refractivity contribution in [3.05, 3.63) is 33.8 Å². The lowest BCUT2D eigenvalue weighted by atomic mass is 9.84. The van der Waals surface area contributed by atoms with Gasteiger partial charge in [0, 0.05) is 16.1 Å². The first-order valence-corrected chi connectivity index (χ1v) is 7.00. The number of hydrogen-bond donors (Lipinski definition) is 1. The van der Waals surface area contributed by atoms with E-state index in [1.807, 2.05) is 25.1 Å². The van der Waals surface area contributed by atoms with Crippen LogP contribution in [-0.2, 0) is 0 Å². The highest BCUT2D eigenvalue weighted by atomic mass is 79.9. The van der Waals surface area contributed by atoms with Gasteiger partial charge < -0.3 is 5.32 Å². The summed E-state index contributed by atoms with van der Waals surface area (Å²) in [5.41, 5.74) is 1.91. The third-order valence-electron chi connectivity index (χ3n) is 4.18. The van der Waals surface area contributed by atoms with Crippen molar-refractivity contribution in [3.63, 3.8) is 0 Å². The molecule has 2 nitrogen and oxygen atoms in total. The van der Waals surface area contributed by atoms with Crippen molar-refractivity contribution in [1.82, 2.24) is 5.32 Å². The molecule has 3 heteroatoms. The quantitative estimate of drug-likeness (QED) is 0.891. The zero-order valence-electron chi connectivity index (χ0n) is 9.87. The summed E-state index contributed by atoms with van der Waals surface area (Å²) in [6.45, 7) is 2.03. The van der Waals surface area contributed by atoms with Crippen LogP contribution in [0.25, 0.3) is 0 Å². The lowest BCUT2D eigenvalue weighted by Gasteiger charge is -2.24. The largest absolute Gasteiger partial charge is 0.349 e. The summed E-state index contributed by atoms with van der Waals surface area (Å²) >= 11 is 3.47. The zero-order valence-corrected chi connectivity index (χ0v) is 11.5. The van der Waals surface area contributed by atoms with Crippen LogP contribution in [0.5, 0.6) is 0 Å². The SMILES string of the molecule is Cc1ccc(C(=O)NC2CC3CC2C3)cc1Br. The van der Waals surface area contributed by atoms with Gasteiger partial charge in [-0.2, -0.15) is 0 Å². The minimum absolute atomic E-state index is 0.0725. The fraction of sp³-hybridized carbons (Fsp3) is 0.500. The van der Waals surface area contributed by atoms with Gasteiger partial charge in [0.1, 0.15) is 0 Å². The molecule has 1 atom stereocenters. The summed E-state index contributed by atoms with van der Waals surface area (Å²) in [5, 5.41) is 3.17. The fourth-order valence-electron chi connectivity index (χ4n) is 3.02. The van der Waals surface area contributed by atoms with Crippen molar-refractivity contribution in [2.24, 2.45) is 11.8 Å². The Balaban J connectivity index is 1.71. The molecule has 1 aromatic rings. The summed E-state index contributed by atoms with van der Waals surface area (Å²) in [6, 6.07) is 6.21. The summed E-state index contributed by atoms with van der Waals surface area (Å²) in [5.74, 6) is 1.70. The maximum absolute atomic E-state index is 12.1. The normalized spacial score (nSPS) is 29.9. The number of carbonyl (C=O) groups excluding carboxylic acids is 1. The van der Waals surface area contributed by atoms with Gasteiger partial charge in [-0.1, -0.05) is 22.0 Å². The van der Waals surface area contributed by atoms with Gasteiger partial charge in [-0.15, -0.1) is 0 Å². The number of rotatable bonds is 2. The second kappa shape index (κ2) is 4.13. The molecular weight excluding hydrogens is 278 g/mol. The van der Waals surface area contributed by atoms with Crippen molar-refractivity contribution >= 4 is 21.8 Å². The van der Waals surface area contributed by atoms with Crippen molar-refractivity contribution in [3.8, 4) is 0 Å². The van der Waals surface area contributed by atoms with Gasteiger partial charge in [0.05, 0.1) is 0 Å². The Kier molecular flexibility index (Phi) is 2.74. The van der Waals surface area contributed by atoms with E-state index < -0.39 is 0 Å². The maximum atomic E-state index is 12.1. The third-order valence-corrected chi connectivity index (χ3v) is 5.03. The second-order valence-corrected chi connectivity index (χ2v) is 6.23. The predicted octanol–water partition coefficient (Wildman–Crippen LogP) is 3.29. The van der Waals surface area contributed by atoms with Crippen LogP contribution >= 0.6 is 15.9 Å². The van der Waals surface area contributed by atoms with Crippen LogP contribution in [-0.4, -0.2) is 11.9 Å². The molecular formula is C14H16BrNO. The molecule has 0 radical (unpaired) electrons. The van der Waals surface area contributed by atoms with Crippen molar-refractivity contribution < 1.29 is 4.79 Å². The van der Waals surface area contributed by atoms with E-state index in [1.165, 1.54) is 19.3 Å². The minimum Gasteiger partial charge on any atom is -0.349 e. The van der Waals surface area contributed by atoms with Gasteiger partial charge in [-0.3, -0.25) is 4.79 Å². The number of hydrogen-bond acceptors (Lipinski definition) is 1. The van der Waals surface area contributed by atoms with Crippen LogP contribution in [0.4, 0.5) is 0 Å². The Morgan fingerprint density at radius 1 is 1.35 bits per heavy atom. The van der Waals surface area contributed by atoms with E-state index >= 15 is 0 Å². The van der Waals surface area contributed by atoms with E-state index in [0.29, 0.717) is 6.04 Å². The molecule has 1 amide bonds. The van der Waals surface area contributed by atoms with Crippen LogP contribution in [0.1, 0.15) is 35.2 Å². The van der Waals surface area contributed by atoms with Gasteiger partial charge >= 0.3 is 0 Å². The van der Waals surface area contributed by atoms with Crippen LogP contribution in [0.3, 0.4) is 0 Å². The Hall–Kier alpha value is -0.830. The monoisotopic (exact) mass is 293 g/mol. The van der Waals surface area contributed by atoms with Crippen LogP contribution in [0, 0.1) is 18.8 Å². The first kappa shape index (κ1) is 11.3.